The van der Waals surface area contributed by atoms with Gasteiger partial charge in [-0.1, -0.05) is 18.1 Å². The van der Waals surface area contributed by atoms with E-state index in [0.29, 0.717) is 12.5 Å². The number of piperazine rings is 1. The number of hydrogen-bond donors (Lipinski definition) is 0. The molecule has 2 fully saturated rings. The molecule has 5 nitrogen and oxygen atoms in total. The second kappa shape index (κ2) is 7.53. The Kier molecular flexibility index (Phi) is 4.89. The molecule has 2 heterocycles. The molecule has 0 aromatic heterocycles. The summed E-state index contributed by atoms with van der Waals surface area (Å²) in [6.45, 7) is 6.35. The van der Waals surface area contributed by atoms with Gasteiger partial charge in [-0.05, 0) is 54.5 Å². The molecule has 1 saturated heterocycles. The summed E-state index contributed by atoms with van der Waals surface area (Å²) in [5, 5.41) is 0. The second-order valence-electron chi connectivity index (χ2n) is 8.74. The molecular weight excluding hydrogens is 350 g/mol. The molecule has 0 N–H and O–H groups in total. The van der Waals surface area contributed by atoms with Crippen LogP contribution in [-0.4, -0.2) is 79.6 Å². The summed E-state index contributed by atoms with van der Waals surface area (Å²) in [7, 11) is 1.72. The molecule has 4 aliphatic rings. The van der Waals surface area contributed by atoms with Gasteiger partial charge in [0.1, 0.15) is 5.75 Å². The van der Waals surface area contributed by atoms with Crippen LogP contribution in [0.25, 0.3) is 5.57 Å². The Morgan fingerprint density at radius 2 is 1.96 bits per heavy atom. The molecule has 0 spiro atoms. The molecule has 0 bridgehead atoms. The Morgan fingerprint density at radius 1 is 1.14 bits per heavy atom. The van der Waals surface area contributed by atoms with Crippen molar-refractivity contribution in [3.05, 3.63) is 34.9 Å². The van der Waals surface area contributed by atoms with E-state index in [1.165, 1.54) is 36.0 Å². The quantitative estimate of drug-likeness (QED) is 0.803. The van der Waals surface area contributed by atoms with Crippen LogP contribution < -0.4 is 4.74 Å². The SMILES string of the molecule is COc1ccc2c(c1)C1=C(CCN(CC(=O)N3CCN(C4CCC4)CC3)C1)C2. The summed E-state index contributed by atoms with van der Waals surface area (Å²) < 4.78 is 5.43. The summed E-state index contributed by atoms with van der Waals surface area (Å²) >= 11 is 0. The summed E-state index contributed by atoms with van der Waals surface area (Å²) in [5.41, 5.74) is 5.73. The van der Waals surface area contributed by atoms with Gasteiger partial charge in [0.05, 0.1) is 13.7 Å². The van der Waals surface area contributed by atoms with E-state index in [-0.39, 0.29) is 0 Å². The van der Waals surface area contributed by atoms with Crippen molar-refractivity contribution >= 4 is 11.5 Å². The molecule has 0 radical (unpaired) electrons. The average Bonchev–Trinajstić information content (AvgIpc) is 3.04. The molecule has 0 unspecified atom stereocenters. The van der Waals surface area contributed by atoms with Crippen LogP contribution in [0.3, 0.4) is 0 Å². The van der Waals surface area contributed by atoms with Crippen molar-refractivity contribution in [2.24, 2.45) is 0 Å². The zero-order chi connectivity index (χ0) is 19.1. The maximum Gasteiger partial charge on any atom is 0.236 e. The van der Waals surface area contributed by atoms with E-state index in [0.717, 1.165) is 63.9 Å². The topological polar surface area (TPSA) is 36.0 Å². The van der Waals surface area contributed by atoms with Crippen molar-refractivity contribution in [3.63, 3.8) is 0 Å². The fraction of sp³-hybridized carbons (Fsp3) is 0.609. The van der Waals surface area contributed by atoms with Gasteiger partial charge >= 0.3 is 0 Å². The first kappa shape index (κ1) is 18.2. The first-order chi connectivity index (χ1) is 13.7. The van der Waals surface area contributed by atoms with Crippen LogP contribution in [0.4, 0.5) is 0 Å². The van der Waals surface area contributed by atoms with Gasteiger partial charge in [0, 0.05) is 45.3 Å². The zero-order valence-corrected chi connectivity index (χ0v) is 17.0. The van der Waals surface area contributed by atoms with E-state index in [4.69, 9.17) is 4.74 Å². The van der Waals surface area contributed by atoms with Gasteiger partial charge in [-0.25, -0.2) is 0 Å². The third kappa shape index (κ3) is 3.35. The number of nitrogens with zero attached hydrogens (tertiary/aromatic N) is 3. The van der Waals surface area contributed by atoms with Crippen molar-refractivity contribution in [2.75, 3.05) is 52.9 Å². The molecule has 1 aromatic rings. The molecule has 28 heavy (non-hydrogen) atoms. The maximum atomic E-state index is 12.9. The Morgan fingerprint density at radius 3 is 2.68 bits per heavy atom. The molecule has 1 amide bonds. The molecule has 2 aliphatic carbocycles. The first-order valence-corrected chi connectivity index (χ1v) is 10.8. The number of fused-ring (bicyclic) bond motifs is 2. The molecule has 1 aromatic carbocycles. The Hall–Kier alpha value is -1.85. The van der Waals surface area contributed by atoms with Gasteiger partial charge < -0.3 is 9.64 Å². The van der Waals surface area contributed by atoms with Crippen LogP contribution >= 0.6 is 0 Å². The number of carbonyl (C=O) groups is 1. The Labute approximate surface area is 167 Å². The fourth-order valence-electron chi connectivity index (χ4n) is 5.19. The van der Waals surface area contributed by atoms with Crippen LogP contribution in [0.1, 0.15) is 36.8 Å². The predicted octanol–water partition coefficient (Wildman–Crippen LogP) is 2.41. The number of rotatable bonds is 4. The zero-order valence-electron chi connectivity index (χ0n) is 17.0. The van der Waals surface area contributed by atoms with E-state index < -0.39 is 0 Å². The molecule has 150 valence electrons. The lowest BCUT2D eigenvalue weighted by atomic mass is 9.91. The molecule has 5 rings (SSSR count). The number of benzene rings is 1. The van der Waals surface area contributed by atoms with E-state index in [1.54, 1.807) is 12.7 Å². The van der Waals surface area contributed by atoms with Gasteiger partial charge in [0.15, 0.2) is 0 Å². The molecule has 0 atom stereocenters. The number of hydrogen-bond acceptors (Lipinski definition) is 4. The van der Waals surface area contributed by atoms with Gasteiger partial charge in [-0.2, -0.15) is 0 Å². The lowest BCUT2D eigenvalue weighted by Crippen LogP contribution is -2.55. The average molecular weight is 382 g/mol. The third-order valence-electron chi connectivity index (χ3n) is 7.20. The lowest BCUT2D eigenvalue weighted by molar-refractivity contribution is -0.134. The highest BCUT2D eigenvalue weighted by molar-refractivity contribution is 5.81. The van der Waals surface area contributed by atoms with Crippen molar-refractivity contribution in [3.8, 4) is 5.75 Å². The number of ether oxygens (including phenoxy) is 1. The predicted molar refractivity (Wildman–Crippen MR) is 110 cm³/mol. The first-order valence-electron chi connectivity index (χ1n) is 10.8. The van der Waals surface area contributed by atoms with Gasteiger partial charge in [-0.3, -0.25) is 14.6 Å². The van der Waals surface area contributed by atoms with E-state index >= 15 is 0 Å². The van der Waals surface area contributed by atoms with Crippen molar-refractivity contribution in [1.29, 1.82) is 0 Å². The van der Waals surface area contributed by atoms with Gasteiger partial charge in [0.2, 0.25) is 5.91 Å². The minimum Gasteiger partial charge on any atom is -0.497 e. The van der Waals surface area contributed by atoms with Crippen LogP contribution in [0.5, 0.6) is 5.75 Å². The number of amides is 1. The summed E-state index contributed by atoms with van der Waals surface area (Å²) in [6, 6.07) is 7.22. The minimum absolute atomic E-state index is 0.307. The molecule has 2 aliphatic heterocycles. The summed E-state index contributed by atoms with van der Waals surface area (Å²) in [6.07, 6.45) is 6.23. The van der Waals surface area contributed by atoms with Crippen molar-refractivity contribution in [2.45, 2.75) is 38.1 Å². The Bertz CT molecular complexity index is 791. The number of carbonyl (C=O) groups excluding carboxylic acids is 1. The van der Waals surface area contributed by atoms with E-state index in [1.807, 2.05) is 0 Å². The maximum absolute atomic E-state index is 12.9. The van der Waals surface area contributed by atoms with Crippen molar-refractivity contribution < 1.29 is 9.53 Å². The summed E-state index contributed by atoms with van der Waals surface area (Å²) in [4.78, 5) is 19.9. The van der Waals surface area contributed by atoms with Gasteiger partial charge in [-0.15, -0.1) is 0 Å². The normalized spacial score (nSPS) is 23.4. The minimum atomic E-state index is 0.307. The van der Waals surface area contributed by atoms with Crippen LogP contribution in [0.15, 0.2) is 23.8 Å². The molecule has 5 heteroatoms. The highest BCUT2D eigenvalue weighted by Crippen LogP contribution is 2.39. The largest absolute Gasteiger partial charge is 0.497 e. The smallest absolute Gasteiger partial charge is 0.236 e. The van der Waals surface area contributed by atoms with Crippen LogP contribution in [0.2, 0.25) is 0 Å². The monoisotopic (exact) mass is 381 g/mol. The van der Waals surface area contributed by atoms with E-state index in [9.17, 15) is 4.79 Å². The fourth-order valence-corrected chi connectivity index (χ4v) is 5.19. The van der Waals surface area contributed by atoms with Crippen LogP contribution in [0, 0.1) is 0 Å². The van der Waals surface area contributed by atoms with E-state index in [2.05, 4.69) is 32.9 Å². The van der Waals surface area contributed by atoms with Crippen LogP contribution in [-0.2, 0) is 11.2 Å². The summed E-state index contributed by atoms with van der Waals surface area (Å²) in [5.74, 6) is 1.23. The lowest BCUT2D eigenvalue weighted by Gasteiger charge is -2.43. The molecule has 1 saturated carbocycles. The second-order valence-corrected chi connectivity index (χ2v) is 8.74. The standard InChI is InChI=1S/C23H31N3O2/c1-28-20-6-5-17-13-18-7-8-24(15-22(18)21(17)14-20)16-23(27)26-11-9-25(10-12-26)19-3-2-4-19/h5-6,14,19H,2-4,7-13,15-16H2,1H3. The molecular formula is C23H31N3O2. The highest BCUT2D eigenvalue weighted by atomic mass is 16.5. The van der Waals surface area contributed by atoms with Crippen molar-refractivity contribution in [1.82, 2.24) is 14.7 Å². The number of methoxy groups -OCH3 is 1. The Balaban J connectivity index is 1.19. The highest BCUT2D eigenvalue weighted by Gasteiger charge is 2.31. The third-order valence-corrected chi connectivity index (χ3v) is 7.20. The van der Waals surface area contributed by atoms with Gasteiger partial charge in [0.25, 0.3) is 0 Å².